The zero-order valence-corrected chi connectivity index (χ0v) is 20.8. The lowest BCUT2D eigenvalue weighted by molar-refractivity contribution is -0.129. The van der Waals surface area contributed by atoms with Crippen LogP contribution in [0.5, 0.6) is 5.75 Å². The van der Waals surface area contributed by atoms with Gasteiger partial charge < -0.3 is 4.74 Å². The molecule has 0 atom stereocenters. The molecule has 0 aliphatic carbocycles. The van der Waals surface area contributed by atoms with Crippen molar-refractivity contribution in [2.24, 2.45) is 0 Å². The molecule has 2 aromatic carbocycles. The molecule has 3 aromatic rings. The number of carbonyl (C=O) groups excluding carboxylic acids is 1. The highest BCUT2D eigenvalue weighted by Gasteiger charge is 2.25. The van der Waals surface area contributed by atoms with E-state index in [2.05, 4.69) is 0 Å². The molecular formula is C25H30N2O5S2. The number of ether oxygens (including phenoxy) is 1. The minimum atomic E-state index is -3.67. The standard InChI is InChI=1S/C25H30N2O5S2/c1-2-32-23-16-12-21(13-17-23)20-10-14-22(15-11-20)27(34(30,31)25-9-7-19-33-25)18-6-4-3-5-8-24(28)26-29/h7,9-17,19,29H,2-6,8,18H2,1H3,(H,26,28). The van der Waals surface area contributed by atoms with Crippen LogP contribution in [-0.4, -0.2) is 32.7 Å². The van der Waals surface area contributed by atoms with Crippen LogP contribution in [0.3, 0.4) is 0 Å². The van der Waals surface area contributed by atoms with Crippen molar-refractivity contribution in [3.05, 3.63) is 66.0 Å². The molecular weight excluding hydrogens is 472 g/mol. The molecule has 9 heteroatoms. The maximum atomic E-state index is 13.3. The molecule has 0 fully saturated rings. The highest BCUT2D eigenvalue weighted by atomic mass is 32.2. The van der Waals surface area contributed by atoms with Gasteiger partial charge in [0.25, 0.3) is 10.0 Å². The summed E-state index contributed by atoms with van der Waals surface area (Å²) in [5, 5.41) is 10.3. The summed E-state index contributed by atoms with van der Waals surface area (Å²) in [5.41, 5.74) is 4.25. The molecule has 0 saturated carbocycles. The lowest BCUT2D eigenvalue weighted by Gasteiger charge is -2.24. The van der Waals surface area contributed by atoms with Crippen LogP contribution < -0.4 is 14.5 Å². The third-order valence-corrected chi connectivity index (χ3v) is 8.53. The summed E-state index contributed by atoms with van der Waals surface area (Å²) in [6.07, 6.45) is 3.10. The number of anilines is 1. The second-order valence-electron chi connectivity index (χ2n) is 7.71. The maximum Gasteiger partial charge on any atom is 0.273 e. The third kappa shape index (κ3) is 6.82. The Labute approximate surface area is 205 Å². The number of carbonyl (C=O) groups is 1. The molecule has 1 amide bonds. The first-order valence-electron chi connectivity index (χ1n) is 11.3. The van der Waals surface area contributed by atoms with Gasteiger partial charge in [-0.3, -0.25) is 14.3 Å². The Balaban J connectivity index is 1.73. The van der Waals surface area contributed by atoms with Crippen LogP contribution in [0.4, 0.5) is 5.69 Å². The van der Waals surface area contributed by atoms with Crippen molar-refractivity contribution in [3.8, 4) is 16.9 Å². The van der Waals surface area contributed by atoms with E-state index in [1.807, 2.05) is 55.5 Å². The molecule has 3 rings (SSSR count). The summed E-state index contributed by atoms with van der Waals surface area (Å²) in [6, 6.07) is 18.7. The molecule has 182 valence electrons. The Hall–Kier alpha value is -2.88. The van der Waals surface area contributed by atoms with E-state index in [-0.39, 0.29) is 6.42 Å². The minimum absolute atomic E-state index is 0.251. The second-order valence-corrected chi connectivity index (χ2v) is 10.7. The van der Waals surface area contributed by atoms with E-state index in [0.717, 1.165) is 29.7 Å². The van der Waals surface area contributed by atoms with Gasteiger partial charge in [0.05, 0.1) is 12.3 Å². The summed E-state index contributed by atoms with van der Waals surface area (Å²) in [6.45, 7) is 2.90. The number of rotatable bonds is 13. The quantitative estimate of drug-likeness (QED) is 0.184. The fourth-order valence-electron chi connectivity index (χ4n) is 3.59. The van der Waals surface area contributed by atoms with Crippen molar-refractivity contribution >= 4 is 33.0 Å². The van der Waals surface area contributed by atoms with Crippen LogP contribution in [0.25, 0.3) is 11.1 Å². The monoisotopic (exact) mass is 502 g/mol. The van der Waals surface area contributed by atoms with Gasteiger partial charge in [0.2, 0.25) is 5.91 Å². The van der Waals surface area contributed by atoms with Gasteiger partial charge in [0.15, 0.2) is 0 Å². The molecule has 2 N–H and O–H groups in total. The fourth-order valence-corrected chi connectivity index (χ4v) is 6.20. The normalized spacial score (nSPS) is 11.2. The molecule has 0 bridgehead atoms. The van der Waals surface area contributed by atoms with Gasteiger partial charge in [-0.2, -0.15) is 0 Å². The van der Waals surface area contributed by atoms with Gasteiger partial charge in [-0.05, 0) is 66.6 Å². The lowest BCUT2D eigenvalue weighted by atomic mass is 10.1. The summed E-state index contributed by atoms with van der Waals surface area (Å²) in [5.74, 6) is 0.405. The Morgan fingerprint density at radius 3 is 2.21 bits per heavy atom. The SMILES string of the molecule is CCOc1ccc(-c2ccc(N(CCCCCCC(=O)NO)S(=O)(=O)c3cccs3)cc2)cc1. The van der Waals surface area contributed by atoms with Gasteiger partial charge in [-0.1, -0.05) is 43.2 Å². The van der Waals surface area contributed by atoms with Gasteiger partial charge in [-0.25, -0.2) is 13.9 Å². The minimum Gasteiger partial charge on any atom is -0.494 e. The molecule has 0 aliphatic rings. The third-order valence-electron chi connectivity index (χ3n) is 5.33. The van der Waals surface area contributed by atoms with E-state index in [1.54, 1.807) is 23.0 Å². The molecule has 0 saturated heterocycles. The van der Waals surface area contributed by atoms with E-state index >= 15 is 0 Å². The Kier molecular flexibility index (Phi) is 9.50. The van der Waals surface area contributed by atoms with E-state index in [0.29, 0.717) is 35.9 Å². The predicted molar refractivity (Wildman–Crippen MR) is 135 cm³/mol. The number of benzene rings is 2. The van der Waals surface area contributed by atoms with Crippen LogP contribution in [0.2, 0.25) is 0 Å². The van der Waals surface area contributed by atoms with Gasteiger partial charge >= 0.3 is 0 Å². The average molecular weight is 503 g/mol. The zero-order valence-electron chi connectivity index (χ0n) is 19.1. The Bertz CT molecular complexity index is 1130. The smallest absolute Gasteiger partial charge is 0.273 e. The average Bonchev–Trinajstić information content (AvgIpc) is 3.40. The van der Waals surface area contributed by atoms with Crippen molar-refractivity contribution in [1.82, 2.24) is 5.48 Å². The number of nitrogens with one attached hydrogen (secondary N) is 1. The molecule has 0 radical (unpaired) electrons. The predicted octanol–water partition coefficient (Wildman–Crippen LogP) is 5.47. The summed E-state index contributed by atoms with van der Waals surface area (Å²) >= 11 is 1.20. The molecule has 1 aromatic heterocycles. The fraction of sp³-hybridized carbons (Fsp3) is 0.320. The summed E-state index contributed by atoms with van der Waals surface area (Å²) in [4.78, 5) is 11.1. The van der Waals surface area contributed by atoms with E-state index in [1.165, 1.54) is 15.6 Å². The topological polar surface area (TPSA) is 95.9 Å². The maximum absolute atomic E-state index is 13.3. The molecule has 1 heterocycles. The first-order chi connectivity index (χ1) is 16.5. The molecule has 7 nitrogen and oxygen atoms in total. The van der Waals surface area contributed by atoms with Gasteiger partial charge in [0, 0.05) is 13.0 Å². The van der Waals surface area contributed by atoms with Gasteiger partial charge in [-0.15, -0.1) is 11.3 Å². The summed E-state index contributed by atoms with van der Waals surface area (Å²) < 4.78 is 33.9. The van der Waals surface area contributed by atoms with Crippen LogP contribution in [-0.2, 0) is 14.8 Å². The number of nitrogens with zero attached hydrogens (tertiary/aromatic N) is 1. The van der Waals surface area contributed by atoms with E-state index in [9.17, 15) is 13.2 Å². The zero-order chi connectivity index (χ0) is 24.4. The van der Waals surface area contributed by atoms with Crippen molar-refractivity contribution in [3.63, 3.8) is 0 Å². The highest BCUT2D eigenvalue weighted by molar-refractivity contribution is 7.94. The number of sulfonamides is 1. The molecule has 34 heavy (non-hydrogen) atoms. The van der Waals surface area contributed by atoms with Crippen LogP contribution >= 0.6 is 11.3 Å². The molecule has 0 aliphatic heterocycles. The number of thiophene rings is 1. The number of hydrogen-bond donors (Lipinski definition) is 2. The van der Waals surface area contributed by atoms with Crippen molar-refractivity contribution in [1.29, 1.82) is 0 Å². The highest BCUT2D eigenvalue weighted by Crippen LogP contribution is 2.30. The molecule has 0 spiro atoms. The van der Waals surface area contributed by atoms with Gasteiger partial charge in [0.1, 0.15) is 9.96 Å². The van der Waals surface area contributed by atoms with Crippen molar-refractivity contribution < 1.29 is 23.2 Å². The number of hydroxylamine groups is 1. The number of unbranched alkanes of at least 4 members (excludes halogenated alkanes) is 3. The van der Waals surface area contributed by atoms with Crippen molar-refractivity contribution in [2.45, 2.75) is 43.2 Å². The van der Waals surface area contributed by atoms with Crippen LogP contribution in [0.15, 0.2) is 70.3 Å². The Morgan fingerprint density at radius 2 is 1.62 bits per heavy atom. The van der Waals surface area contributed by atoms with Crippen molar-refractivity contribution in [2.75, 3.05) is 17.5 Å². The van der Waals surface area contributed by atoms with Crippen LogP contribution in [0, 0.1) is 0 Å². The second kappa shape index (κ2) is 12.5. The van der Waals surface area contributed by atoms with E-state index < -0.39 is 15.9 Å². The van der Waals surface area contributed by atoms with E-state index in [4.69, 9.17) is 9.94 Å². The summed E-state index contributed by atoms with van der Waals surface area (Å²) in [7, 11) is -3.67. The first kappa shape index (κ1) is 25.7. The largest absolute Gasteiger partial charge is 0.494 e. The van der Waals surface area contributed by atoms with Crippen LogP contribution in [0.1, 0.15) is 39.0 Å². The lowest BCUT2D eigenvalue weighted by Crippen LogP contribution is -2.31. The number of hydrogen-bond acceptors (Lipinski definition) is 6. The molecule has 0 unspecified atom stereocenters. The Morgan fingerprint density at radius 1 is 0.971 bits per heavy atom. The number of amides is 1. The first-order valence-corrected chi connectivity index (χ1v) is 13.6.